The zero-order chi connectivity index (χ0) is 16.6. The van der Waals surface area contributed by atoms with Crippen molar-refractivity contribution in [1.29, 1.82) is 0 Å². The summed E-state index contributed by atoms with van der Waals surface area (Å²) < 4.78 is 20.1. The molecule has 0 aromatic heterocycles. The number of methoxy groups -OCH3 is 4. The molecule has 0 saturated heterocycles. The number of hydrogen-bond donors (Lipinski definition) is 0. The third kappa shape index (κ3) is 9.68. The minimum atomic E-state index is 0.335. The van der Waals surface area contributed by atoms with Crippen LogP contribution in [0.25, 0.3) is 0 Å². The van der Waals surface area contributed by atoms with Crippen molar-refractivity contribution < 1.29 is 18.9 Å². The Morgan fingerprint density at radius 2 is 1.73 bits per heavy atom. The van der Waals surface area contributed by atoms with E-state index in [4.69, 9.17) is 18.9 Å². The van der Waals surface area contributed by atoms with E-state index in [2.05, 4.69) is 16.8 Å². The summed E-state index contributed by atoms with van der Waals surface area (Å²) in [5.74, 6) is 0.618. The van der Waals surface area contributed by atoms with Crippen molar-refractivity contribution in [2.75, 3.05) is 41.7 Å². The summed E-state index contributed by atoms with van der Waals surface area (Å²) in [5.41, 5.74) is 1.16. The Labute approximate surface area is 132 Å². The van der Waals surface area contributed by atoms with Crippen molar-refractivity contribution in [3.05, 3.63) is 49.0 Å². The lowest BCUT2D eigenvalue weighted by molar-refractivity contribution is 0.159. The van der Waals surface area contributed by atoms with Gasteiger partial charge in [0.15, 0.2) is 0 Å². The maximum atomic E-state index is 5.20. The standard InChI is InChI=1S/C16H24N2O4/c1-6-14(8-7-10-19-2)17-18-15(9-11-20-3)12-16(22-5)13-21-4/h6-9,11-12H,1,10,13H2,2-5H3/b8-7-,11-9+,16-12+,17-14-,18-15-. The molecule has 22 heavy (non-hydrogen) atoms. The second-order valence-electron chi connectivity index (χ2n) is 3.90. The first-order valence-corrected chi connectivity index (χ1v) is 6.58. The Kier molecular flexibility index (Phi) is 12.4. The quantitative estimate of drug-likeness (QED) is 0.334. The molecule has 0 atom stereocenters. The van der Waals surface area contributed by atoms with Crippen molar-refractivity contribution >= 4 is 11.4 Å². The molecule has 0 aliphatic rings. The largest absolute Gasteiger partial charge is 0.504 e. The molecular weight excluding hydrogens is 284 g/mol. The zero-order valence-electron chi connectivity index (χ0n) is 13.6. The minimum absolute atomic E-state index is 0.335. The van der Waals surface area contributed by atoms with Crippen molar-refractivity contribution in [2.24, 2.45) is 10.2 Å². The van der Waals surface area contributed by atoms with Crippen LogP contribution in [0.3, 0.4) is 0 Å². The zero-order valence-corrected chi connectivity index (χ0v) is 13.6. The van der Waals surface area contributed by atoms with Crippen LogP contribution in [0, 0.1) is 0 Å². The molecule has 0 heterocycles. The molecule has 0 rings (SSSR count). The van der Waals surface area contributed by atoms with Crippen LogP contribution in [0.4, 0.5) is 0 Å². The van der Waals surface area contributed by atoms with Gasteiger partial charge >= 0.3 is 0 Å². The fraction of sp³-hybridized carbons (Fsp3) is 0.375. The van der Waals surface area contributed by atoms with Crippen LogP contribution in [-0.4, -0.2) is 53.1 Å². The van der Waals surface area contributed by atoms with E-state index in [0.29, 0.717) is 30.4 Å². The normalized spacial score (nSPS) is 13.9. The van der Waals surface area contributed by atoms with Crippen LogP contribution in [0.15, 0.2) is 59.2 Å². The van der Waals surface area contributed by atoms with Crippen molar-refractivity contribution in [3.8, 4) is 0 Å². The van der Waals surface area contributed by atoms with E-state index in [1.54, 1.807) is 52.7 Å². The smallest absolute Gasteiger partial charge is 0.123 e. The molecule has 0 aromatic rings. The summed E-state index contributed by atoms with van der Waals surface area (Å²) >= 11 is 0. The lowest BCUT2D eigenvalue weighted by Gasteiger charge is -2.04. The van der Waals surface area contributed by atoms with Gasteiger partial charge in [-0.1, -0.05) is 12.7 Å². The summed E-state index contributed by atoms with van der Waals surface area (Å²) in [4.78, 5) is 0. The van der Waals surface area contributed by atoms with Gasteiger partial charge in [0.2, 0.25) is 0 Å². The topological polar surface area (TPSA) is 61.6 Å². The molecule has 0 aliphatic carbocycles. The highest BCUT2D eigenvalue weighted by molar-refractivity contribution is 6.06. The van der Waals surface area contributed by atoms with Crippen LogP contribution < -0.4 is 0 Å². The van der Waals surface area contributed by atoms with E-state index in [1.165, 1.54) is 6.26 Å². The summed E-state index contributed by atoms with van der Waals surface area (Å²) in [6.45, 7) is 4.52. The maximum Gasteiger partial charge on any atom is 0.123 e. The van der Waals surface area contributed by atoms with Gasteiger partial charge in [-0.15, -0.1) is 0 Å². The second kappa shape index (κ2) is 13.8. The average molecular weight is 308 g/mol. The predicted octanol–water partition coefficient (Wildman–Crippen LogP) is 2.51. The molecule has 0 radical (unpaired) electrons. The van der Waals surface area contributed by atoms with Gasteiger partial charge in [0, 0.05) is 26.4 Å². The Bertz CT molecular complexity index is 463. The summed E-state index contributed by atoms with van der Waals surface area (Å²) in [6, 6.07) is 0. The molecule has 0 unspecified atom stereocenters. The Morgan fingerprint density at radius 1 is 1.00 bits per heavy atom. The monoisotopic (exact) mass is 308 g/mol. The predicted molar refractivity (Wildman–Crippen MR) is 89.2 cm³/mol. The SMILES string of the molecule is C=CC(/C=C\COC)=N/N=C(/C=C/OC)\C=C(/COC)OC. The van der Waals surface area contributed by atoms with Gasteiger partial charge in [-0.2, -0.15) is 10.2 Å². The number of nitrogens with zero attached hydrogens (tertiary/aromatic N) is 2. The van der Waals surface area contributed by atoms with Crippen molar-refractivity contribution in [1.82, 2.24) is 0 Å². The third-order valence-electron chi connectivity index (χ3n) is 2.27. The van der Waals surface area contributed by atoms with Crippen LogP contribution in [0.1, 0.15) is 0 Å². The molecule has 6 nitrogen and oxygen atoms in total. The highest BCUT2D eigenvalue weighted by Crippen LogP contribution is 2.00. The van der Waals surface area contributed by atoms with E-state index in [9.17, 15) is 0 Å². The molecular formula is C16H24N2O4. The number of rotatable bonds is 11. The second-order valence-corrected chi connectivity index (χ2v) is 3.90. The van der Waals surface area contributed by atoms with Gasteiger partial charge < -0.3 is 18.9 Å². The Balaban J connectivity index is 5.30. The lowest BCUT2D eigenvalue weighted by atomic mass is 10.3. The highest BCUT2D eigenvalue weighted by Gasteiger charge is 1.98. The summed E-state index contributed by atoms with van der Waals surface area (Å²) in [6.07, 6.45) is 10.1. The van der Waals surface area contributed by atoms with E-state index < -0.39 is 0 Å². The van der Waals surface area contributed by atoms with Crippen LogP contribution in [0.5, 0.6) is 0 Å². The van der Waals surface area contributed by atoms with Crippen LogP contribution >= 0.6 is 0 Å². The molecule has 0 fully saturated rings. The first kappa shape index (κ1) is 19.8. The molecule has 0 aromatic carbocycles. The lowest BCUT2D eigenvalue weighted by Crippen LogP contribution is -2.01. The molecule has 6 heteroatoms. The molecule has 0 amide bonds. The number of allylic oxidation sites excluding steroid dienone is 4. The Morgan fingerprint density at radius 3 is 2.27 bits per heavy atom. The van der Waals surface area contributed by atoms with Crippen LogP contribution in [0.2, 0.25) is 0 Å². The van der Waals surface area contributed by atoms with Gasteiger partial charge in [-0.05, 0) is 12.2 Å². The van der Waals surface area contributed by atoms with Crippen molar-refractivity contribution in [3.63, 3.8) is 0 Å². The third-order valence-corrected chi connectivity index (χ3v) is 2.27. The van der Waals surface area contributed by atoms with Crippen LogP contribution in [-0.2, 0) is 18.9 Å². The fourth-order valence-corrected chi connectivity index (χ4v) is 1.24. The van der Waals surface area contributed by atoms with Gasteiger partial charge in [-0.3, -0.25) is 0 Å². The average Bonchev–Trinajstić information content (AvgIpc) is 2.54. The van der Waals surface area contributed by atoms with E-state index in [1.807, 2.05) is 6.08 Å². The minimum Gasteiger partial charge on any atom is -0.504 e. The van der Waals surface area contributed by atoms with Gasteiger partial charge in [0.05, 0.1) is 38.5 Å². The number of hydrogen-bond acceptors (Lipinski definition) is 6. The molecule has 0 spiro atoms. The fourth-order valence-electron chi connectivity index (χ4n) is 1.24. The first-order valence-electron chi connectivity index (χ1n) is 6.58. The Hall–Kier alpha value is -2.18. The number of ether oxygens (including phenoxy) is 4. The molecule has 0 aliphatic heterocycles. The molecule has 0 N–H and O–H groups in total. The maximum absolute atomic E-state index is 5.20. The molecule has 122 valence electrons. The summed E-state index contributed by atoms with van der Waals surface area (Å²) in [7, 11) is 6.32. The van der Waals surface area contributed by atoms with Gasteiger partial charge in [-0.25, -0.2) is 0 Å². The van der Waals surface area contributed by atoms with Crippen molar-refractivity contribution in [2.45, 2.75) is 0 Å². The van der Waals surface area contributed by atoms with E-state index in [-0.39, 0.29) is 0 Å². The van der Waals surface area contributed by atoms with Gasteiger partial charge in [0.1, 0.15) is 12.4 Å². The summed E-state index contributed by atoms with van der Waals surface area (Å²) in [5, 5.41) is 8.25. The van der Waals surface area contributed by atoms with E-state index >= 15 is 0 Å². The molecule has 0 bridgehead atoms. The highest BCUT2D eigenvalue weighted by atomic mass is 16.5. The first-order chi connectivity index (χ1) is 10.7. The molecule has 0 saturated carbocycles. The van der Waals surface area contributed by atoms with E-state index in [0.717, 1.165) is 0 Å². The van der Waals surface area contributed by atoms with Gasteiger partial charge in [0.25, 0.3) is 0 Å².